The summed E-state index contributed by atoms with van der Waals surface area (Å²) in [5.74, 6) is 0.925. The van der Waals surface area contributed by atoms with Gasteiger partial charge in [0.1, 0.15) is 10.8 Å². The summed E-state index contributed by atoms with van der Waals surface area (Å²) in [6.45, 7) is 1.43. The first-order chi connectivity index (χ1) is 16.4. The third-order valence-corrected chi connectivity index (χ3v) is 5.13. The Hall–Kier alpha value is -4.05. The normalized spacial score (nSPS) is 12.4. The van der Waals surface area contributed by atoms with Crippen molar-refractivity contribution in [3.8, 4) is 5.75 Å². The van der Waals surface area contributed by atoms with Gasteiger partial charge in [-0.15, -0.1) is 0 Å². The van der Waals surface area contributed by atoms with Crippen molar-refractivity contribution in [2.75, 3.05) is 28.4 Å². The molecule has 1 aromatic heterocycles. The van der Waals surface area contributed by atoms with Crippen LogP contribution in [0.3, 0.4) is 0 Å². The number of hydrogen-bond acceptors (Lipinski definition) is 7. The number of carbonyl (C=O) groups is 2. The van der Waals surface area contributed by atoms with Crippen molar-refractivity contribution in [3.05, 3.63) is 53.7 Å². The van der Waals surface area contributed by atoms with Gasteiger partial charge in [0.2, 0.25) is 11.9 Å². The SMILES string of the molecule is COc1cc(NC(=O)NC2CC2)ccc1Nc1ncc(Cl)c(Nc2ccccc2NC(C)=O)n1. The van der Waals surface area contributed by atoms with Gasteiger partial charge >= 0.3 is 6.03 Å². The molecule has 176 valence electrons. The number of carbonyl (C=O) groups excluding carboxylic acids is 2. The number of aromatic nitrogens is 2. The Morgan fingerprint density at radius 3 is 2.50 bits per heavy atom. The Labute approximate surface area is 201 Å². The summed E-state index contributed by atoms with van der Waals surface area (Å²) in [6.07, 6.45) is 3.48. The molecular weight excluding hydrogens is 458 g/mol. The number of nitrogens with zero attached hydrogens (tertiary/aromatic N) is 2. The molecule has 0 saturated heterocycles. The summed E-state index contributed by atoms with van der Waals surface area (Å²) in [5, 5.41) is 15.0. The summed E-state index contributed by atoms with van der Waals surface area (Å²) in [7, 11) is 1.53. The number of urea groups is 1. The highest BCUT2D eigenvalue weighted by molar-refractivity contribution is 6.33. The molecule has 1 fully saturated rings. The summed E-state index contributed by atoms with van der Waals surface area (Å²) in [6, 6.07) is 12.4. The smallest absolute Gasteiger partial charge is 0.319 e. The van der Waals surface area contributed by atoms with E-state index in [1.165, 1.54) is 20.2 Å². The first kappa shape index (κ1) is 23.1. The quantitative estimate of drug-likeness (QED) is 0.310. The number of para-hydroxylation sites is 2. The molecule has 34 heavy (non-hydrogen) atoms. The lowest BCUT2D eigenvalue weighted by atomic mass is 10.2. The zero-order valence-corrected chi connectivity index (χ0v) is 19.4. The number of rotatable bonds is 8. The number of hydrogen-bond donors (Lipinski definition) is 5. The average Bonchev–Trinajstić information content (AvgIpc) is 3.61. The first-order valence-corrected chi connectivity index (χ1v) is 11.0. The fraction of sp³-hybridized carbons (Fsp3) is 0.217. The van der Waals surface area contributed by atoms with Gasteiger partial charge in [-0.05, 0) is 37.1 Å². The van der Waals surface area contributed by atoms with E-state index < -0.39 is 0 Å². The van der Waals surface area contributed by atoms with Crippen LogP contribution in [0.4, 0.5) is 39.3 Å². The molecule has 0 bridgehead atoms. The van der Waals surface area contributed by atoms with Gasteiger partial charge in [-0.25, -0.2) is 9.78 Å². The van der Waals surface area contributed by atoms with Crippen LogP contribution in [0.5, 0.6) is 5.75 Å². The van der Waals surface area contributed by atoms with Crippen molar-refractivity contribution >= 4 is 58.1 Å². The molecule has 0 unspecified atom stereocenters. The highest BCUT2D eigenvalue weighted by Gasteiger charge is 2.23. The van der Waals surface area contributed by atoms with Crippen LogP contribution in [-0.2, 0) is 4.79 Å². The Morgan fingerprint density at radius 2 is 1.79 bits per heavy atom. The molecule has 11 heteroatoms. The number of methoxy groups -OCH3 is 1. The van der Waals surface area contributed by atoms with Crippen molar-refractivity contribution < 1.29 is 14.3 Å². The van der Waals surface area contributed by atoms with Crippen molar-refractivity contribution in [1.29, 1.82) is 0 Å². The van der Waals surface area contributed by atoms with E-state index in [0.717, 1.165) is 12.8 Å². The average molecular weight is 482 g/mol. The minimum absolute atomic E-state index is 0.194. The van der Waals surface area contributed by atoms with E-state index in [0.29, 0.717) is 39.3 Å². The molecule has 1 aliphatic carbocycles. The van der Waals surface area contributed by atoms with Gasteiger partial charge in [0.15, 0.2) is 5.82 Å². The highest BCUT2D eigenvalue weighted by Crippen LogP contribution is 2.32. The molecule has 2 aromatic carbocycles. The summed E-state index contributed by atoms with van der Waals surface area (Å²) in [5.41, 5.74) is 2.41. The van der Waals surface area contributed by atoms with Crippen LogP contribution in [0.2, 0.25) is 5.02 Å². The van der Waals surface area contributed by atoms with Crippen LogP contribution in [0.15, 0.2) is 48.7 Å². The van der Waals surface area contributed by atoms with Crippen LogP contribution in [0, 0.1) is 0 Å². The largest absolute Gasteiger partial charge is 0.494 e. The van der Waals surface area contributed by atoms with Gasteiger partial charge in [0, 0.05) is 24.7 Å². The van der Waals surface area contributed by atoms with E-state index in [2.05, 4.69) is 36.6 Å². The maximum absolute atomic E-state index is 12.0. The lowest BCUT2D eigenvalue weighted by Gasteiger charge is -2.15. The zero-order chi connectivity index (χ0) is 24.1. The summed E-state index contributed by atoms with van der Waals surface area (Å²) >= 11 is 6.30. The maximum Gasteiger partial charge on any atom is 0.319 e. The Bertz CT molecular complexity index is 1220. The van der Waals surface area contributed by atoms with Crippen LogP contribution < -0.4 is 31.3 Å². The molecule has 5 N–H and O–H groups in total. The molecule has 1 saturated carbocycles. The highest BCUT2D eigenvalue weighted by atomic mass is 35.5. The molecular formula is C23H24ClN7O3. The Kier molecular flexibility index (Phi) is 6.98. The van der Waals surface area contributed by atoms with E-state index in [4.69, 9.17) is 16.3 Å². The molecule has 0 aliphatic heterocycles. The molecule has 0 radical (unpaired) electrons. The van der Waals surface area contributed by atoms with Gasteiger partial charge in [-0.3, -0.25) is 4.79 Å². The van der Waals surface area contributed by atoms with Crippen molar-refractivity contribution in [3.63, 3.8) is 0 Å². The molecule has 3 amide bonds. The van der Waals surface area contributed by atoms with Crippen LogP contribution in [0.1, 0.15) is 19.8 Å². The fourth-order valence-electron chi connectivity index (χ4n) is 3.11. The number of amides is 3. The lowest BCUT2D eigenvalue weighted by Crippen LogP contribution is -2.30. The van der Waals surface area contributed by atoms with Crippen LogP contribution >= 0.6 is 11.6 Å². The predicted molar refractivity (Wildman–Crippen MR) is 133 cm³/mol. The van der Waals surface area contributed by atoms with Crippen LogP contribution in [-0.4, -0.2) is 35.1 Å². The third kappa shape index (κ3) is 6.04. The first-order valence-electron chi connectivity index (χ1n) is 10.6. The van der Waals surface area contributed by atoms with Gasteiger partial charge in [0.25, 0.3) is 0 Å². The third-order valence-electron chi connectivity index (χ3n) is 4.85. The van der Waals surface area contributed by atoms with E-state index in [1.807, 2.05) is 12.1 Å². The zero-order valence-electron chi connectivity index (χ0n) is 18.6. The second-order valence-electron chi connectivity index (χ2n) is 7.65. The van der Waals surface area contributed by atoms with Crippen molar-refractivity contribution in [2.24, 2.45) is 0 Å². The Morgan fingerprint density at radius 1 is 1.03 bits per heavy atom. The lowest BCUT2D eigenvalue weighted by molar-refractivity contribution is -0.114. The topological polar surface area (TPSA) is 129 Å². The minimum Gasteiger partial charge on any atom is -0.494 e. The molecule has 3 aromatic rings. The minimum atomic E-state index is -0.249. The second kappa shape index (κ2) is 10.3. The van der Waals surface area contributed by atoms with E-state index in [1.54, 1.807) is 30.3 Å². The van der Waals surface area contributed by atoms with E-state index >= 15 is 0 Å². The van der Waals surface area contributed by atoms with E-state index in [9.17, 15) is 9.59 Å². The molecule has 1 aliphatic rings. The molecule has 0 spiro atoms. The molecule has 1 heterocycles. The number of nitrogens with one attached hydrogen (secondary N) is 5. The molecule has 10 nitrogen and oxygen atoms in total. The van der Waals surface area contributed by atoms with Crippen molar-refractivity contribution in [1.82, 2.24) is 15.3 Å². The summed E-state index contributed by atoms with van der Waals surface area (Å²) < 4.78 is 5.46. The maximum atomic E-state index is 12.0. The molecule has 4 rings (SSSR count). The number of halogens is 1. The molecule has 0 atom stereocenters. The summed E-state index contributed by atoms with van der Waals surface area (Å²) in [4.78, 5) is 32.2. The van der Waals surface area contributed by atoms with Crippen LogP contribution in [0.25, 0.3) is 0 Å². The Balaban J connectivity index is 1.51. The van der Waals surface area contributed by atoms with Gasteiger partial charge < -0.3 is 31.3 Å². The van der Waals surface area contributed by atoms with Gasteiger partial charge in [-0.2, -0.15) is 4.98 Å². The van der Waals surface area contributed by atoms with E-state index in [-0.39, 0.29) is 23.9 Å². The second-order valence-corrected chi connectivity index (χ2v) is 8.06. The van der Waals surface area contributed by atoms with Gasteiger partial charge in [-0.1, -0.05) is 23.7 Å². The standard InChI is InChI=1S/C23H24ClN7O3/c1-13(32)26-17-5-3-4-6-18(17)29-21-16(24)12-25-22(31-21)30-19-10-9-15(11-20(19)34-2)28-23(33)27-14-7-8-14/h3-6,9-12,14H,7-8H2,1-2H3,(H,26,32)(H2,27,28,33)(H2,25,29,30,31). The number of benzene rings is 2. The van der Waals surface area contributed by atoms with Gasteiger partial charge in [0.05, 0.1) is 30.4 Å². The van der Waals surface area contributed by atoms with Crippen molar-refractivity contribution in [2.45, 2.75) is 25.8 Å². The monoisotopic (exact) mass is 481 g/mol. The number of ether oxygens (including phenoxy) is 1. The number of anilines is 6. The predicted octanol–water partition coefficient (Wildman–Crippen LogP) is 4.87. The fourth-order valence-corrected chi connectivity index (χ4v) is 3.24.